The van der Waals surface area contributed by atoms with Crippen molar-refractivity contribution >= 4 is 63.8 Å². The summed E-state index contributed by atoms with van der Waals surface area (Å²) >= 11 is 1.89. The molecule has 0 amide bonds. The Morgan fingerprint density at radius 1 is 0.324 bits per heavy atom. The van der Waals surface area contributed by atoms with Crippen molar-refractivity contribution in [2.75, 3.05) is 0 Å². The molecule has 0 nitrogen and oxygen atoms in total. The lowest BCUT2D eigenvalue weighted by Gasteiger charge is -2.18. The molecule has 172 valence electrons. The standard InChI is InChI=1S/C36H22S/c1-2-11-24(12-3-1)35-28-15-6-7-16-29(28)36(26-19-18-23-10-4-5-13-25(23)20-26)32-22-34-30(21-31(32)35)27-14-8-9-17-33(27)37-34/h1-22H. The number of rotatable bonds is 2. The quantitative estimate of drug-likeness (QED) is 0.213. The normalized spacial score (nSPS) is 11.8. The Bertz CT molecular complexity index is 2130. The number of hydrogen-bond acceptors (Lipinski definition) is 1. The highest BCUT2D eigenvalue weighted by atomic mass is 32.1. The fourth-order valence-corrected chi connectivity index (χ4v) is 7.09. The number of thiophene rings is 1. The zero-order chi connectivity index (χ0) is 24.3. The highest BCUT2D eigenvalue weighted by Gasteiger charge is 2.18. The predicted octanol–water partition coefficient (Wildman–Crippen LogP) is 10.8. The minimum atomic E-state index is 1.26. The van der Waals surface area contributed by atoms with Gasteiger partial charge in [0.15, 0.2) is 0 Å². The van der Waals surface area contributed by atoms with Gasteiger partial charge in [-0.2, -0.15) is 0 Å². The molecule has 0 N–H and O–H groups in total. The Hall–Kier alpha value is -4.46. The second-order valence-electron chi connectivity index (χ2n) is 9.72. The van der Waals surface area contributed by atoms with Gasteiger partial charge < -0.3 is 0 Å². The minimum absolute atomic E-state index is 1.26. The Morgan fingerprint density at radius 3 is 1.76 bits per heavy atom. The maximum Gasteiger partial charge on any atom is 0.0362 e. The molecule has 0 bridgehead atoms. The molecular weight excluding hydrogens is 464 g/mol. The van der Waals surface area contributed by atoms with Crippen LogP contribution < -0.4 is 0 Å². The molecule has 0 radical (unpaired) electrons. The Kier molecular flexibility index (Phi) is 4.49. The molecule has 0 aliphatic heterocycles. The van der Waals surface area contributed by atoms with Crippen molar-refractivity contribution < 1.29 is 0 Å². The van der Waals surface area contributed by atoms with Crippen LogP contribution in [0.1, 0.15) is 0 Å². The molecule has 8 rings (SSSR count). The van der Waals surface area contributed by atoms with E-state index in [1.54, 1.807) is 0 Å². The first kappa shape index (κ1) is 20.7. The summed E-state index contributed by atoms with van der Waals surface area (Å²) in [6.07, 6.45) is 0. The van der Waals surface area contributed by atoms with Crippen LogP contribution in [0.2, 0.25) is 0 Å². The first-order valence-corrected chi connectivity index (χ1v) is 13.5. The molecule has 0 atom stereocenters. The maximum absolute atomic E-state index is 2.45. The summed E-state index contributed by atoms with van der Waals surface area (Å²) in [5.41, 5.74) is 5.15. The van der Waals surface area contributed by atoms with Gasteiger partial charge in [-0.25, -0.2) is 0 Å². The van der Waals surface area contributed by atoms with Gasteiger partial charge in [0.1, 0.15) is 0 Å². The fraction of sp³-hybridized carbons (Fsp3) is 0. The van der Waals surface area contributed by atoms with Crippen molar-refractivity contribution in [1.29, 1.82) is 0 Å². The van der Waals surface area contributed by atoms with Gasteiger partial charge in [-0.1, -0.05) is 109 Å². The molecule has 0 saturated heterocycles. The molecule has 0 aliphatic rings. The average molecular weight is 487 g/mol. The number of fused-ring (bicyclic) bond motifs is 6. The number of benzene rings is 7. The van der Waals surface area contributed by atoms with Crippen molar-refractivity contribution in [2.24, 2.45) is 0 Å². The van der Waals surface area contributed by atoms with Crippen molar-refractivity contribution in [1.82, 2.24) is 0 Å². The third kappa shape index (κ3) is 3.15. The lowest BCUT2D eigenvalue weighted by atomic mass is 9.85. The van der Waals surface area contributed by atoms with Gasteiger partial charge in [-0.05, 0) is 78.8 Å². The molecule has 1 aromatic heterocycles. The first-order chi connectivity index (χ1) is 18.3. The van der Waals surface area contributed by atoms with E-state index in [9.17, 15) is 0 Å². The third-order valence-corrected chi connectivity index (χ3v) is 8.76. The summed E-state index contributed by atoms with van der Waals surface area (Å²) in [4.78, 5) is 0. The van der Waals surface area contributed by atoms with E-state index >= 15 is 0 Å². The van der Waals surface area contributed by atoms with E-state index in [1.165, 1.54) is 74.7 Å². The molecule has 8 aromatic rings. The molecule has 7 aromatic carbocycles. The van der Waals surface area contributed by atoms with E-state index in [-0.39, 0.29) is 0 Å². The summed E-state index contributed by atoms with van der Waals surface area (Å²) in [6, 6.07) is 49.0. The summed E-state index contributed by atoms with van der Waals surface area (Å²) in [5, 5.41) is 10.4. The summed E-state index contributed by atoms with van der Waals surface area (Å²) < 4.78 is 2.68. The monoisotopic (exact) mass is 486 g/mol. The zero-order valence-electron chi connectivity index (χ0n) is 20.1. The van der Waals surface area contributed by atoms with Crippen LogP contribution in [0.25, 0.3) is 74.7 Å². The first-order valence-electron chi connectivity index (χ1n) is 12.7. The van der Waals surface area contributed by atoms with Crippen LogP contribution in [0.15, 0.2) is 133 Å². The molecule has 0 aliphatic carbocycles. The predicted molar refractivity (Wildman–Crippen MR) is 163 cm³/mol. The minimum Gasteiger partial charge on any atom is -0.135 e. The fourth-order valence-electron chi connectivity index (χ4n) is 5.97. The Labute approximate surface area is 219 Å². The van der Waals surface area contributed by atoms with E-state index in [0.29, 0.717) is 0 Å². The van der Waals surface area contributed by atoms with E-state index < -0.39 is 0 Å². The van der Waals surface area contributed by atoms with E-state index in [0.717, 1.165) is 0 Å². The van der Waals surface area contributed by atoms with Gasteiger partial charge in [0, 0.05) is 20.2 Å². The topological polar surface area (TPSA) is 0 Å². The smallest absolute Gasteiger partial charge is 0.0362 e. The Balaban J connectivity index is 1.60. The summed E-state index contributed by atoms with van der Waals surface area (Å²) in [6.45, 7) is 0. The summed E-state index contributed by atoms with van der Waals surface area (Å²) in [7, 11) is 0. The highest BCUT2D eigenvalue weighted by Crippen LogP contribution is 2.47. The Morgan fingerprint density at radius 2 is 0.946 bits per heavy atom. The summed E-state index contributed by atoms with van der Waals surface area (Å²) in [5.74, 6) is 0. The van der Waals surface area contributed by atoms with E-state index in [1.807, 2.05) is 11.3 Å². The lowest BCUT2D eigenvalue weighted by molar-refractivity contribution is 1.67. The molecule has 1 heteroatoms. The van der Waals surface area contributed by atoms with Crippen LogP contribution in [0.3, 0.4) is 0 Å². The van der Waals surface area contributed by atoms with Crippen LogP contribution in [0, 0.1) is 0 Å². The largest absolute Gasteiger partial charge is 0.135 e. The van der Waals surface area contributed by atoms with Gasteiger partial charge in [0.05, 0.1) is 0 Å². The molecule has 0 fully saturated rings. The maximum atomic E-state index is 2.45. The van der Waals surface area contributed by atoms with Crippen molar-refractivity contribution in [2.45, 2.75) is 0 Å². The molecule has 37 heavy (non-hydrogen) atoms. The van der Waals surface area contributed by atoms with Crippen LogP contribution in [-0.2, 0) is 0 Å². The van der Waals surface area contributed by atoms with Gasteiger partial charge in [-0.15, -0.1) is 11.3 Å². The molecule has 0 spiro atoms. The van der Waals surface area contributed by atoms with E-state index in [2.05, 4.69) is 133 Å². The van der Waals surface area contributed by atoms with Crippen LogP contribution in [0.4, 0.5) is 0 Å². The second-order valence-corrected chi connectivity index (χ2v) is 10.8. The van der Waals surface area contributed by atoms with Crippen LogP contribution in [-0.4, -0.2) is 0 Å². The lowest BCUT2D eigenvalue weighted by Crippen LogP contribution is -1.91. The molecular formula is C36H22S. The van der Waals surface area contributed by atoms with E-state index in [4.69, 9.17) is 0 Å². The van der Waals surface area contributed by atoms with Gasteiger partial charge in [0.25, 0.3) is 0 Å². The number of hydrogen-bond donors (Lipinski definition) is 0. The molecule has 1 heterocycles. The molecule has 0 unspecified atom stereocenters. The van der Waals surface area contributed by atoms with Crippen LogP contribution in [0.5, 0.6) is 0 Å². The van der Waals surface area contributed by atoms with Crippen molar-refractivity contribution in [3.05, 3.63) is 133 Å². The SMILES string of the molecule is c1ccc(-c2c3ccccc3c(-c3ccc4ccccc4c3)c3cc4sc5ccccc5c4cc23)cc1. The van der Waals surface area contributed by atoms with Gasteiger partial charge in [0.2, 0.25) is 0 Å². The average Bonchev–Trinajstić information content (AvgIpc) is 3.32. The van der Waals surface area contributed by atoms with Crippen molar-refractivity contribution in [3.8, 4) is 22.3 Å². The third-order valence-electron chi connectivity index (χ3n) is 7.62. The second kappa shape index (κ2) is 8.03. The highest BCUT2D eigenvalue weighted by molar-refractivity contribution is 7.25. The van der Waals surface area contributed by atoms with Crippen LogP contribution >= 0.6 is 11.3 Å². The van der Waals surface area contributed by atoms with Crippen molar-refractivity contribution in [3.63, 3.8) is 0 Å². The van der Waals surface area contributed by atoms with Gasteiger partial charge >= 0.3 is 0 Å². The van der Waals surface area contributed by atoms with Gasteiger partial charge in [-0.3, -0.25) is 0 Å². The zero-order valence-corrected chi connectivity index (χ0v) is 20.9. The molecule has 0 saturated carbocycles.